The van der Waals surface area contributed by atoms with Gasteiger partial charge < -0.3 is 14.5 Å². The summed E-state index contributed by atoms with van der Waals surface area (Å²) in [7, 11) is 1.91. The van der Waals surface area contributed by atoms with Crippen LogP contribution in [0.25, 0.3) is 0 Å². The summed E-state index contributed by atoms with van der Waals surface area (Å²) in [6, 6.07) is 7.75. The van der Waals surface area contributed by atoms with Crippen molar-refractivity contribution >= 4 is 31.9 Å². The predicted molar refractivity (Wildman–Crippen MR) is 77.6 cm³/mol. The number of hydrogen-bond donors (Lipinski definition) is 1. The maximum Gasteiger partial charge on any atom is 0.146 e. The maximum absolute atomic E-state index is 5.73. The van der Waals surface area contributed by atoms with E-state index in [9.17, 15) is 0 Å². The Morgan fingerprint density at radius 3 is 2.83 bits per heavy atom. The minimum Gasteiger partial charge on any atom is -0.484 e. The molecule has 3 nitrogen and oxygen atoms in total. The first-order valence-corrected chi connectivity index (χ1v) is 7.07. The van der Waals surface area contributed by atoms with E-state index in [1.807, 2.05) is 31.3 Å². The SMILES string of the molecule is CNCc1ccoc1COc1ccc(Br)cc1Br. The van der Waals surface area contributed by atoms with Gasteiger partial charge in [-0.15, -0.1) is 0 Å². The van der Waals surface area contributed by atoms with Crippen LogP contribution in [0.2, 0.25) is 0 Å². The zero-order valence-electron chi connectivity index (χ0n) is 9.87. The van der Waals surface area contributed by atoms with Gasteiger partial charge in [0.2, 0.25) is 0 Å². The molecule has 5 heteroatoms. The highest BCUT2D eigenvalue weighted by molar-refractivity contribution is 9.11. The lowest BCUT2D eigenvalue weighted by molar-refractivity contribution is 0.266. The van der Waals surface area contributed by atoms with E-state index in [2.05, 4.69) is 37.2 Å². The van der Waals surface area contributed by atoms with Gasteiger partial charge in [0.15, 0.2) is 0 Å². The molecule has 0 spiro atoms. The molecule has 1 heterocycles. The molecule has 96 valence electrons. The molecule has 0 fully saturated rings. The van der Waals surface area contributed by atoms with E-state index in [-0.39, 0.29) is 0 Å². The van der Waals surface area contributed by atoms with E-state index >= 15 is 0 Å². The number of nitrogens with one attached hydrogen (secondary N) is 1. The average Bonchev–Trinajstić information content (AvgIpc) is 2.76. The van der Waals surface area contributed by atoms with Gasteiger partial charge in [0.25, 0.3) is 0 Å². The number of rotatable bonds is 5. The molecule has 0 bridgehead atoms. The van der Waals surface area contributed by atoms with Gasteiger partial charge >= 0.3 is 0 Å². The van der Waals surface area contributed by atoms with Gasteiger partial charge in [-0.05, 0) is 47.2 Å². The monoisotopic (exact) mass is 373 g/mol. The Morgan fingerprint density at radius 1 is 1.28 bits per heavy atom. The molecule has 0 atom stereocenters. The van der Waals surface area contributed by atoms with Gasteiger partial charge in [-0.1, -0.05) is 15.9 Å². The molecule has 2 rings (SSSR count). The van der Waals surface area contributed by atoms with Crippen molar-refractivity contribution < 1.29 is 9.15 Å². The van der Waals surface area contributed by atoms with Crippen LogP contribution in [-0.2, 0) is 13.2 Å². The molecule has 1 N–H and O–H groups in total. The summed E-state index contributed by atoms with van der Waals surface area (Å²) < 4.78 is 13.1. The Kier molecular flexibility index (Phi) is 4.86. The van der Waals surface area contributed by atoms with Crippen LogP contribution in [0.1, 0.15) is 11.3 Å². The molecule has 1 aromatic heterocycles. The van der Waals surface area contributed by atoms with E-state index in [4.69, 9.17) is 9.15 Å². The first-order valence-electron chi connectivity index (χ1n) is 5.48. The Bertz CT molecular complexity index is 525. The first-order chi connectivity index (χ1) is 8.70. The number of furan rings is 1. The minimum absolute atomic E-state index is 0.421. The average molecular weight is 375 g/mol. The summed E-state index contributed by atoms with van der Waals surface area (Å²) in [5.74, 6) is 1.64. The Labute approximate surface area is 123 Å². The molecule has 0 aliphatic heterocycles. The molecular formula is C13H13Br2NO2. The second kappa shape index (κ2) is 6.41. The Balaban J connectivity index is 2.04. The van der Waals surface area contributed by atoms with E-state index < -0.39 is 0 Å². The third kappa shape index (κ3) is 3.37. The lowest BCUT2D eigenvalue weighted by atomic mass is 10.2. The maximum atomic E-state index is 5.73. The van der Waals surface area contributed by atoms with Crippen LogP contribution < -0.4 is 10.1 Å². The number of benzene rings is 1. The molecule has 18 heavy (non-hydrogen) atoms. The van der Waals surface area contributed by atoms with Crippen LogP contribution >= 0.6 is 31.9 Å². The molecule has 1 aromatic carbocycles. The van der Waals surface area contributed by atoms with Crippen molar-refractivity contribution in [1.29, 1.82) is 0 Å². The van der Waals surface area contributed by atoms with Crippen molar-refractivity contribution in [1.82, 2.24) is 5.32 Å². The molecule has 0 radical (unpaired) electrons. The van der Waals surface area contributed by atoms with Crippen LogP contribution in [0, 0.1) is 0 Å². The van der Waals surface area contributed by atoms with E-state index in [0.29, 0.717) is 6.61 Å². The zero-order valence-corrected chi connectivity index (χ0v) is 13.0. The Morgan fingerprint density at radius 2 is 2.11 bits per heavy atom. The summed E-state index contributed by atoms with van der Waals surface area (Å²) in [4.78, 5) is 0. The van der Waals surface area contributed by atoms with Crippen LogP contribution in [0.3, 0.4) is 0 Å². The topological polar surface area (TPSA) is 34.4 Å². The fourth-order valence-electron chi connectivity index (χ4n) is 1.58. The Hall–Kier alpha value is -0.780. The van der Waals surface area contributed by atoms with Crippen molar-refractivity contribution in [3.8, 4) is 5.75 Å². The summed E-state index contributed by atoms with van der Waals surface area (Å²) in [5, 5.41) is 3.10. The van der Waals surface area contributed by atoms with Gasteiger partial charge in [-0.2, -0.15) is 0 Å². The molecule has 0 aliphatic rings. The second-order valence-electron chi connectivity index (χ2n) is 3.76. The molecule has 2 aromatic rings. The molecule has 0 saturated heterocycles. The lowest BCUT2D eigenvalue weighted by Crippen LogP contribution is -2.07. The van der Waals surface area contributed by atoms with Crippen LogP contribution in [0.4, 0.5) is 0 Å². The molecular weight excluding hydrogens is 362 g/mol. The second-order valence-corrected chi connectivity index (χ2v) is 5.53. The van der Waals surface area contributed by atoms with E-state index in [1.54, 1.807) is 6.26 Å². The summed E-state index contributed by atoms with van der Waals surface area (Å²) in [6.45, 7) is 1.20. The third-order valence-corrected chi connectivity index (χ3v) is 3.57. The summed E-state index contributed by atoms with van der Waals surface area (Å²) >= 11 is 6.87. The van der Waals surface area contributed by atoms with Crippen molar-refractivity contribution in [2.45, 2.75) is 13.2 Å². The van der Waals surface area contributed by atoms with Gasteiger partial charge in [-0.3, -0.25) is 0 Å². The highest BCUT2D eigenvalue weighted by atomic mass is 79.9. The standard InChI is InChI=1S/C13H13Br2NO2/c1-16-7-9-4-5-17-13(9)8-18-12-3-2-10(14)6-11(12)15/h2-6,16H,7-8H2,1H3. The van der Waals surface area contributed by atoms with Crippen molar-refractivity contribution in [2.24, 2.45) is 0 Å². The normalized spacial score (nSPS) is 10.6. The smallest absolute Gasteiger partial charge is 0.146 e. The van der Waals surface area contributed by atoms with Gasteiger partial charge in [0, 0.05) is 16.6 Å². The van der Waals surface area contributed by atoms with Gasteiger partial charge in [0.05, 0.1) is 10.7 Å². The largest absolute Gasteiger partial charge is 0.484 e. The van der Waals surface area contributed by atoms with Crippen molar-refractivity contribution in [3.05, 3.63) is 50.8 Å². The molecule has 0 amide bonds. The van der Waals surface area contributed by atoms with Crippen LogP contribution in [0.15, 0.2) is 43.9 Å². The first kappa shape index (κ1) is 13.6. The molecule has 0 unspecified atom stereocenters. The fraction of sp³-hybridized carbons (Fsp3) is 0.231. The van der Waals surface area contributed by atoms with Crippen LogP contribution in [-0.4, -0.2) is 7.05 Å². The lowest BCUT2D eigenvalue weighted by Gasteiger charge is -2.08. The molecule has 0 saturated carbocycles. The number of hydrogen-bond acceptors (Lipinski definition) is 3. The summed E-state index contributed by atoms with van der Waals surface area (Å²) in [5.41, 5.74) is 1.12. The molecule has 0 aliphatic carbocycles. The highest BCUT2D eigenvalue weighted by Crippen LogP contribution is 2.29. The quantitative estimate of drug-likeness (QED) is 0.855. The van der Waals surface area contributed by atoms with Gasteiger partial charge in [0.1, 0.15) is 18.1 Å². The minimum atomic E-state index is 0.421. The highest BCUT2D eigenvalue weighted by Gasteiger charge is 2.08. The summed E-state index contributed by atoms with van der Waals surface area (Å²) in [6.07, 6.45) is 1.68. The fourth-order valence-corrected chi connectivity index (χ4v) is 2.74. The van der Waals surface area contributed by atoms with Crippen molar-refractivity contribution in [2.75, 3.05) is 7.05 Å². The predicted octanol–water partition coefficient (Wildman–Crippen LogP) is 4.10. The number of halogens is 2. The van der Waals surface area contributed by atoms with E-state index in [0.717, 1.165) is 32.6 Å². The van der Waals surface area contributed by atoms with Gasteiger partial charge in [-0.25, -0.2) is 0 Å². The number of ether oxygens (including phenoxy) is 1. The third-order valence-electron chi connectivity index (χ3n) is 2.46. The van der Waals surface area contributed by atoms with Crippen molar-refractivity contribution in [3.63, 3.8) is 0 Å². The zero-order chi connectivity index (χ0) is 13.0. The van der Waals surface area contributed by atoms with Crippen LogP contribution in [0.5, 0.6) is 5.75 Å². The van der Waals surface area contributed by atoms with E-state index in [1.165, 1.54) is 0 Å².